The largest absolute Gasteiger partial charge is 0.465 e. The van der Waals surface area contributed by atoms with Crippen LogP contribution in [0.3, 0.4) is 0 Å². The summed E-state index contributed by atoms with van der Waals surface area (Å²) in [7, 11) is 1.78. The van der Waals surface area contributed by atoms with Crippen LogP contribution in [0.5, 0.6) is 11.8 Å². The van der Waals surface area contributed by atoms with Crippen LogP contribution in [0.1, 0.15) is 24.2 Å². The van der Waals surface area contributed by atoms with Gasteiger partial charge in [0.15, 0.2) is 12.6 Å². The van der Waals surface area contributed by atoms with Crippen LogP contribution in [-0.2, 0) is 23.3 Å². The van der Waals surface area contributed by atoms with Crippen molar-refractivity contribution in [1.82, 2.24) is 19.3 Å². The molecule has 0 saturated carbocycles. The monoisotopic (exact) mass is 528 g/mol. The molecule has 0 bridgehead atoms. The molecule has 0 unspecified atom stereocenters. The third-order valence-corrected chi connectivity index (χ3v) is 5.97. The molecule has 0 fully saturated rings. The van der Waals surface area contributed by atoms with E-state index < -0.39 is 17.7 Å². The van der Waals surface area contributed by atoms with Gasteiger partial charge in [-0.1, -0.05) is 47.6 Å². The van der Waals surface area contributed by atoms with Gasteiger partial charge in [0.25, 0.3) is 6.01 Å². The Hall–Kier alpha value is -5.19. The number of imidazole rings is 1. The van der Waals surface area contributed by atoms with E-state index in [2.05, 4.69) is 10.1 Å². The average Bonchev–Trinajstić information content (AvgIpc) is 3.46. The second kappa shape index (κ2) is 10.7. The van der Waals surface area contributed by atoms with E-state index in [0.717, 1.165) is 15.7 Å². The molecule has 0 aliphatic heterocycles. The molecule has 5 rings (SSSR count). The van der Waals surface area contributed by atoms with E-state index in [0.29, 0.717) is 40.5 Å². The number of nitrogens with zero attached hydrogens (tertiary/aromatic N) is 4. The van der Waals surface area contributed by atoms with Gasteiger partial charge in [-0.15, -0.1) is 0 Å². The maximum absolute atomic E-state index is 13.1. The molecular formula is C28H24N4O7. The van der Waals surface area contributed by atoms with Gasteiger partial charge >= 0.3 is 17.7 Å². The summed E-state index contributed by atoms with van der Waals surface area (Å²) < 4.78 is 23.9. The SMILES string of the molecule is CCOc1nc2cccc(C(=O)Oc3ccc(-c4ccccc4-c4noc(=O)n4COC(C)=O)cc3)c2n1C. The van der Waals surface area contributed by atoms with E-state index in [1.54, 1.807) is 60.1 Å². The normalized spacial score (nSPS) is 10.9. The summed E-state index contributed by atoms with van der Waals surface area (Å²) in [6.07, 6.45) is 0. The van der Waals surface area contributed by atoms with Crippen LogP contribution in [0.4, 0.5) is 0 Å². The smallest absolute Gasteiger partial charge is 0.444 e. The summed E-state index contributed by atoms with van der Waals surface area (Å²) in [5.74, 6) is -1.26. The van der Waals surface area contributed by atoms with E-state index in [1.807, 2.05) is 25.1 Å². The number of aryl methyl sites for hydroxylation is 1. The maximum Gasteiger partial charge on any atom is 0.444 e. The molecule has 0 aliphatic rings. The molecule has 39 heavy (non-hydrogen) atoms. The minimum atomic E-state index is -0.750. The van der Waals surface area contributed by atoms with Crippen molar-refractivity contribution in [2.24, 2.45) is 7.05 Å². The first kappa shape index (κ1) is 25.5. The summed E-state index contributed by atoms with van der Waals surface area (Å²) in [6.45, 7) is 3.24. The van der Waals surface area contributed by atoms with Gasteiger partial charge in [0.05, 0.1) is 23.2 Å². The summed E-state index contributed by atoms with van der Waals surface area (Å²) in [6, 6.07) is 19.8. The summed E-state index contributed by atoms with van der Waals surface area (Å²) >= 11 is 0. The number of para-hydroxylation sites is 1. The molecule has 0 amide bonds. The minimum Gasteiger partial charge on any atom is -0.465 e. The Morgan fingerprint density at radius 3 is 2.44 bits per heavy atom. The number of rotatable bonds is 8. The number of fused-ring (bicyclic) bond motifs is 1. The van der Waals surface area contributed by atoms with Crippen molar-refractivity contribution < 1.29 is 28.3 Å². The van der Waals surface area contributed by atoms with Gasteiger partial charge in [-0.25, -0.2) is 14.2 Å². The molecule has 11 heteroatoms. The van der Waals surface area contributed by atoms with E-state index in [-0.39, 0.29) is 12.6 Å². The molecule has 0 N–H and O–H groups in total. The molecule has 0 atom stereocenters. The van der Waals surface area contributed by atoms with Gasteiger partial charge < -0.3 is 14.2 Å². The third-order valence-electron chi connectivity index (χ3n) is 5.97. The lowest BCUT2D eigenvalue weighted by atomic mass is 9.99. The standard InChI is InChI=1S/C28H24N4O7/c1-4-36-27-29-23-11-7-10-22(24(23)31(27)3)26(34)38-19-14-12-18(13-15-19)20-8-5-6-9-21(20)25-30-39-28(35)32(25)16-37-17(2)33/h5-15H,4,16H2,1-3H3. The molecule has 0 aliphatic carbocycles. The Labute approximate surface area is 222 Å². The molecule has 2 aromatic heterocycles. The van der Waals surface area contributed by atoms with Gasteiger partial charge in [-0.05, 0) is 42.3 Å². The number of benzene rings is 3. The fourth-order valence-corrected chi connectivity index (χ4v) is 4.20. The molecular weight excluding hydrogens is 504 g/mol. The second-order valence-corrected chi connectivity index (χ2v) is 8.48. The predicted octanol–water partition coefficient (Wildman–Crippen LogP) is 4.20. The van der Waals surface area contributed by atoms with Crippen LogP contribution in [-0.4, -0.2) is 37.8 Å². The van der Waals surface area contributed by atoms with Crippen LogP contribution >= 0.6 is 0 Å². The van der Waals surface area contributed by atoms with E-state index in [9.17, 15) is 14.4 Å². The van der Waals surface area contributed by atoms with E-state index in [1.165, 1.54) is 6.92 Å². The van der Waals surface area contributed by atoms with Crippen LogP contribution in [0.25, 0.3) is 33.5 Å². The number of ether oxygens (including phenoxy) is 3. The van der Waals surface area contributed by atoms with Crippen molar-refractivity contribution >= 4 is 23.0 Å². The summed E-state index contributed by atoms with van der Waals surface area (Å²) in [5.41, 5.74) is 3.71. The van der Waals surface area contributed by atoms with Crippen molar-refractivity contribution in [3.05, 3.63) is 82.8 Å². The fourth-order valence-electron chi connectivity index (χ4n) is 4.20. The number of carbonyl (C=O) groups is 2. The Morgan fingerprint density at radius 1 is 0.974 bits per heavy atom. The molecule has 198 valence electrons. The molecule has 3 aromatic carbocycles. The average molecular weight is 529 g/mol. The lowest BCUT2D eigenvalue weighted by molar-refractivity contribution is -0.144. The topological polar surface area (TPSA) is 128 Å². The van der Waals surface area contributed by atoms with Gasteiger partial charge in [0.1, 0.15) is 5.75 Å². The number of carbonyl (C=O) groups excluding carboxylic acids is 2. The molecule has 2 heterocycles. The highest BCUT2D eigenvalue weighted by Crippen LogP contribution is 2.32. The first-order valence-corrected chi connectivity index (χ1v) is 12.1. The highest BCUT2D eigenvalue weighted by Gasteiger charge is 2.20. The van der Waals surface area contributed by atoms with Crippen molar-refractivity contribution in [2.75, 3.05) is 6.61 Å². The van der Waals surface area contributed by atoms with Crippen LogP contribution in [0.2, 0.25) is 0 Å². The Morgan fingerprint density at radius 2 is 1.72 bits per heavy atom. The van der Waals surface area contributed by atoms with Crippen molar-refractivity contribution in [3.63, 3.8) is 0 Å². The predicted molar refractivity (Wildman–Crippen MR) is 140 cm³/mol. The molecule has 0 spiro atoms. The quantitative estimate of drug-likeness (QED) is 0.215. The first-order valence-electron chi connectivity index (χ1n) is 12.1. The zero-order valence-corrected chi connectivity index (χ0v) is 21.4. The van der Waals surface area contributed by atoms with Crippen molar-refractivity contribution in [1.29, 1.82) is 0 Å². The third kappa shape index (κ3) is 5.01. The lowest BCUT2D eigenvalue weighted by Crippen LogP contribution is -2.18. The van der Waals surface area contributed by atoms with Crippen molar-refractivity contribution in [3.8, 4) is 34.3 Å². The Bertz CT molecular complexity index is 1730. The molecule has 5 aromatic rings. The highest BCUT2D eigenvalue weighted by molar-refractivity contribution is 6.03. The zero-order chi connectivity index (χ0) is 27.5. The first-order chi connectivity index (χ1) is 18.9. The summed E-state index contributed by atoms with van der Waals surface area (Å²) in [4.78, 5) is 40.9. The fraction of sp³-hybridized carbons (Fsp3) is 0.179. The highest BCUT2D eigenvalue weighted by atomic mass is 16.6. The number of hydrogen-bond donors (Lipinski definition) is 0. The van der Waals surface area contributed by atoms with Crippen LogP contribution in [0.15, 0.2) is 76.0 Å². The van der Waals surface area contributed by atoms with Gasteiger partial charge in [0, 0.05) is 19.5 Å². The van der Waals surface area contributed by atoms with Gasteiger partial charge in [0.2, 0.25) is 0 Å². The molecule has 0 radical (unpaired) electrons. The number of esters is 2. The Kier molecular flexibility index (Phi) is 6.96. The summed E-state index contributed by atoms with van der Waals surface area (Å²) in [5, 5.41) is 3.88. The zero-order valence-electron chi connectivity index (χ0n) is 21.4. The molecule has 11 nitrogen and oxygen atoms in total. The number of hydrogen-bond acceptors (Lipinski definition) is 9. The van der Waals surface area contributed by atoms with Crippen LogP contribution < -0.4 is 15.2 Å². The Balaban J connectivity index is 1.42. The van der Waals surface area contributed by atoms with Crippen molar-refractivity contribution in [2.45, 2.75) is 20.6 Å². The van der Waals surface area contributed by atoms with Gasteiger partial charge in [-0.3, -0.25) is 13.9 Å². The molecule has 0 saturated heterocycles. The minimum absolute atomic E-state index is 0.211. The number of aromatic nitrogens is 4. The lowest BCUT2D eigenvalue weighted by Gasteiger charge is -2.11. The second-order valence-electron chi connectivity index (χ2n) is 8.48. The van der Waals surface area contributed by atoms with E-state index in [4.69, 9.17) is 18.7 Å². The van der Waals surface area contributed by atoms with Gasteiger partial charge in [-0.2, -0.15) is 4.98 Å². The van der Waals surface area contributed by atoms with Crippen LogP contribution in [0, 0.1) is 0 Å². The van der Waals surface area contributed by atoms with E-state index >= 15 is 0 Å². The maximum atomic E-state index is 13.1.